The minimum Gasteiger partial charge on any atom is -0.396 e. The zero-order valence-corrected chi connectivity index (χ0v) is 11.3. The van der Waals surface area contributed by atoms with Gasteiger partial charge in [-0.25, -0.2) is 0 Å². The van der Waals surface area contributed by atoms with Crippen molar-refractivity contribution in [2.75, 3.05) is 32.6 Å². The van der Waals surface area contributed by atoms with E-state index >= 15 is 0 Å². The van der Waals surface area contributed by atoms with E-state index in [1.54, 1.807) is 0 Å². The van der Waals surface area contributed by atoms with Gasteiger partial charge in [-0.05, 0) is 19.1 Å². The number of hydrogen-bond donors (Lipinski definition) is 3. The molecule has 0 unspecified atom stereocenters. The standard InChI is InChI=1S/C12H25NO2S/c1-11(9-14,10-15)7-13-8-12(16-2)5-3-4-6-12/h13-15H,3-10H2,1-2H3. The summed E-state index contributed by atoms with van der Waals surface area (Å²) in [4.78, 5) is 0. The van der Waals surface area contributed by atoms with Crippen molar-refractivity contribution in [2.45, 2.75) is 37.4 Å². The summed E-state index contributed by atoms with van der Waals surface area (Å²) in [5, 5.41) is 21.8. The van der Waals surface area contributed by atoms with Crippen LogP contribution in [0.2, 0.25) is 0 Å². The predicted molar refractivity (Wildman–Crippen MR) is 69.9 cm³/mol. The fourth-order valence-electron chi connectivity index (χ4n) is 2.23. The Morgan fingerprint density at radius 2 is 1.81 bits per heavy atom. The van der Waals surface area contributed by atoms with Crippen molar-refractivity contribution in [1.29, 1.82) is 0 Å². The summed E-state index contributed by atoms with van der Waals surface area (Å²) in [7, 11) is 0. The van der Waals surface area contributed by atoms with E-state index in [0.717, 1.165) is 6.54 Å². The zero-order valence-electron chi connectivity index (χ0n) is 10.5. The van der Waals surface area contributed by atoms with E-state index in [1.165, 1.54) is 25.7 Å². The molecule has 0 heterocycles. The van der Waals surface area contributed by atoms with E-state index in [9.17, 15) is 10.2 Å². The molecular weight excluding hydrogens is 222 g/mol. The van der Waals surface area contributed by atoms with Crippen molar-refractivity contribution < 1.29 is 10.2 Å². The highest BCUT2D eigenvalue weighted by Gasteiger charge is 2.33. The first kappa shape index (κ1) is 14.3. The number of nitrogens with one attached hydrogen (secondary N) is 1. The highest BCUT2D eigenvalue weighted by atomic mass is 32.2. The molecule has 0 atom stereocenters. The van der Waals surface area contributed by atoms with E-state index in [0.29, 0.717) is 11.3 Å². The van der Waals surface area contributed by atoms with Crippen LogP contribution in [0.15, 0.2) is 0 Å². The first-order valence-corrected chi connectivity index (χ1v) is 7.30. The van der Waals surface area contributed by atoms with E-state index < -0.39 is 5.41 Å². The molecule has 0 aromatic rings. The molecule has 3 nitrogen and oxygen atoms in total. The quantitative estimate of drug-likeness (QED) is 0.634. The molecule has 3 N–H and O–H groups in total. The SMILES string of the molecule is CSC1(CNCC(C)(CO)CO)CCCC1. The van der Waals surface area contributed by atoms with Gasteiger partial charge in [-0.1, -0.05) is 19.8 Å². The average Bonchev–Trinajstić information content (AvgIpc) is 2.78. The second-order valence-corrected chi connectivity index (χ2v) is 6.60. The summed E-state index contributed by atoms with van der Waals surface area (Å²) in [6.07, 6.45) is 7.43. The van der Waals surface area contributed by atoms with Gasteiger partial charge in [-0.3, -0.25) is 0 Å². The summed E-state index contributed by atoms with van der Waals surface area (Å²) >= 11 is 1.96. The molecule has 0 aromatic carbocycles. The molecule has 1 saturated carbocycles. The van der Waals surface area contributed by atoms with Crippen LogP contribution in [0.3, 0.4) is 0 Å². The van der Waals surface area contributed by atoms with Crippen LogP contribution in [0, 0.1) is 5.41 Å². The predicted octanol–water partition coefficient (Wildman–Crippen LogP) is 1.24. The fourth-order valence-corrected chi connectivity index (χ4v) is 3.17. The Kier molecular flexibility index (Phi) is 5.57. The van der Waals surface area contributed by atoms with Crippen molar-refractivity contribution in [1.82, 2.24) is 5.32 Å². The van der Waals surface area contributed by atoms with Crippen LogP contribution in [-0.2, 0) is 0 Å². The van der Waals surface area contributed by atoms with Gasteiger partial charge in [0.05, 0.1) is 13.2 Å². The Bertz CT molecular complexity index is 201. The Morgan fingerprint density at radius 1 is 1.25 bits per heavy atom. The van der Waals surface area contributed by atoms with Crippen molar-refractivity contribution in [3.63, 3.8) is 0 Å². The third kappa shape index (κ3) is 3.62. The Morgan fingerprint density at radius 3 is 2.25 bits per heavy atom. The first-order chi connectivity index (χ1) is 7.60. The van der Waals surface area contributed by atoms with Crippen molar-refractivity contribution >= 4 is 11.8 Å². The number of hydrogen-bond acceptors (Lipinski definition) is 4. The summed E-state index contributed by atoms with van der Waals surface area (Å²) in [6, 6.07) is 0. The lowest BCUT2D eigenvalue weighted by molar-refractivity contribution is 0.0694. The van der Waals surface area contributed by atoms with Gasteiger partial charge in [0.2, 0.25) is 0 Å². The van der Waals surface area contributed by atoms with Gasteiger partial charge < -0.3 is 15.5 Å². The molecule has 0 aliphatic heterocycles. The molecule has 1 aliphatic carbocycles. The second kappa shape index (κ2) is 6.24. The smallest absolute Gasteiger partial charge is 0.0518 e. The van der Waals surface area contributed by atoms with Gasteiger partial charge in [-0.15, -0.1) is 0 Å². The van der Waals surface area contributed by atoms with Gasteiger partial charge in [-0.2, -0.15) is 11.8 Å². The third-order valence-electron chi connectivity index (χ3n) is 3.71. The molecule has 1 rings (SSSR count). The lowest BCUT2D eigenvalue weighted by atomic mass is 9.93. The minimum absolute atomic E-state index is 0.0305. The highest BCUT2D eigenvalue weighted by molar-refractivity contribution is 8.00. The molecule has 1 fully saturated rings. The molecule has 0 radical (unpaired) electrons. The molecule has 0 amide bonds. The van der Waals surface area contributed by atoms with Crippen LogP contribution < -0.4 is 5.32 Å². The molecular formula is C12H25NO2S. The molecule has 1 aliphatic rings. The normalized spacial score (nSPS) is 20.2. The van der Waals surface area contributed by atoms with E-state index in [1.807, 2.05) is 18.7 Å². The molecule has 0 saturated heterocycles. The van der Waals surface area contributed by atoms with Crippen molar-refractivity contribution in [3.8, 4) is 0 Å². The first-order valence-electron chi connectivity index (χ1n) is 6.07. The maximum Gasteiger partial charge on any atom is 0.0518 e. The summed E-state index contributed by atoms with van der Waals surface area (Å²) in [5.74, 6) is 0. The van der Waals surface area contributed by atoms with E-state index in [-0.39, 0.29) is 13.2 Å². The second-order valence-electron chi connectivity index (χ2n) is 5.32. The molecule has 0 spiro atoms. The topological polar surface area (TPSA) is 52.5 Å². The van der Waals surface area contributed by atoms with Gasteiger partial charge >= 0.3 is 0 Å². The number of thioether (sulfide) groups is 1. The highest BCUT2D eigenvalue weighted by Crippen LogP contribution is 2.39. The number of aliphatic hydroxyl groups is 2. The average molecular weight is 247 g/mol. The summed E-state index contributed by atoms with van der Waals surface area (Å²) < 4.78 is 0.395. The maximum absolute atomic E-state index is 9.19. The van der Waals surface area contributed by atoms with Crippen LogP contribution in [-0.4, -0.2) is 47.5 Å². The summed E-state index contributed by atoms with van der Waals surface area (Å²) in [5.41, 5.74) is -0.391. The minimum atomic E-state index is -0.391. The van der Waals surface area contributed by atoms with Crippen LogP contribution in [0.4, 0.5) is 0 Å². The third-order valence-corrected chi connectivity index (χ3v) is 5.13. The molecule has 16 heavy (non-hydrogen) atoms. The Labute approximate surface area is 103 Å². The van der Waals surface area contributed by atoms with E-state index in [4.69, 9.17) is 0 Å². The van der Waals surface area contributed by atoms with E-state index in [2.05, 4.69) is 11.6 Å². The molecule has 0 bridgehead atoms. The zero-order chi connectivity index (χ0) is 12.1. The molecule has 0 aromatic heterocycles. The number of rotatable bonds is 7. The number of aliphatic hydroxyl groups excluding tert-OH is 2. The van der Waals surface area contributed by atoms with Gasteiger partial charge in [0.1, 0.15) is 0 Å². The summed E-state index contributed by atoms with van der Waals surface area (Å²) in [6.45, 7) is 3.64. The van der Waals surface area contributed by atoms with Gasteiger partial charge in [0, 0.05) is 23.3 Å². The van der Waals surface area contributed by atoms with Crippen molar-refractivity contribution in [2.24, 2.45) is 5.41 Å². The van der Waals surface area contributed by atoms with Crippen LogP contribution in [0.1, 0.15) is 32.6 Å². The molecule has 96 valence electrons. The monoisotopic (exact) mass is 247 g/mol. The molecule has 4 heteroatoms. The van der Waals surface area contributed by atoms with Gasteiger partial charge in [0.15, 0.2) is 0 Å². The van der Waals surface area contributed by atoms with Crippen LogP contribution >= 0.6 is 11.8 Å². The maximum atomic E-state index is 9.19. The van der Waals surface area contributed by atoms with Crippen LogP contribution in [0.5, 0.6) is 0 Å². The Hall–Kier alpha value is 0.230. The lowest BCUT2D eigenvalue weighted by Gasteiger charge is -2.31. The van der Waals surface area contributed by atoms with Crippen LogP contribution in [0.25, 0.3) is 0 Å². The largest absolute Gasteiger partial charge is 0.396 e. The van der Waals surface area contributed by atoms with Crippen molar-refractivity contribution in [3.05, 3.63) is 0 Å². The fraction of sp³-hybridized carbons (Fsp3) is 1.00. The lowest BCUT2D eigenvalue weighted by Crippen LogP contribution is -2.43. The van der Waals surface area contributed by atoms with Gasteiger partial charge in [0.25, 0.3) is 0 Å². The Balaban J connectivity index is 2.33.